The van der Waals surface area contributed by atoms with Gasteiger partial charge in [0.05, 0.1) is 6.61 Å². The monoisotopic (exact) mass is 234 g/mol. The Balaban J connectivity index is 2.49. The summed E-state index contributed by atoms with van der Waals surface area (Å²) in [6, 6.07) is 6.69. The van der Waals surface area contributed by atoms with Crippen LogP contribution in [0, 0.1) is 0 Å². The minimum atomic E-state index is -0.542. The molecule has 3 N–H and O–H groups in total. The highest BCUT2D eigenvalue weighted by Gasteiger charge is 1.99. The highest BCUT2D eigenvalue weighted by molar-refractivity contribution is 6.02. The first-order chi connectivity index (χ1) is 8.11. The molecule has 1 aromatic carbocycles. The topological polar surface area (TPSA) is 81.4 Å². The largest absolute Gasteiger partial charge is 0.463 e. The van der Waals surface area contributed by atoms with Gasteiger partial charge in [-0.25, -0.2) is 4.79 Å². The average Bonchev–Trinajstić information content (AvgIpc) is 2.30. The number of nitrogens with one attached hydrogen (secondary N) is 1. The fourth-order valence-corrected chi connectivity index (χ4v) is 1.08. The third-order valence-corrected chi connectivity index (χ3v) is 1.84. The van der Waals surface area contributed by atoms with Crippen LogP contribution in [-0.2, 0) is 14.3 Å². The number of anilines is 2. The van der Waals surface area contributed by atoms with Gasteiger partial charge >= 0.3 is 5.97 Å². The molecular weight excluding hydrogens is 220 g/mol. The first-order valence-electron chi connectivity index (χ1n) is 5.13. The Labute approximate surface area is 99.3 Å². The Bertz CT molecular complexity index is 424. The van der Waals surface area contributed by atoms with Crippen LogP contribution >= 0.6 is 0 Å². The van der Waals surface area contributed by atoms with Crippen LogP contribution < -0.4 is 11.1 Å². The summed E-state index contributed by atoms with van der Waals surface area (Å²) in [4.78, 5) is 22.3. The second-order valence-electron chi connectivity index (χ2n) is 3.20. The second-order valence-corrected chi connectivity index (χ2v) is 3.20. The van der Waals surface area contributed by atoms with Gasteiger partial charge in [-0.15, -0.1) is 0 Å². The molecule has 0 aliphatic heterocycles. The second kappa shape index (κ2) is 6.32. The van der Waals surface area contributed by atoms with Gasteiger partial charge in [-0.3, -0.25) is 4.79 Å². The van der Waals surface area contributed by atoms with E-state index in [-0.39, 0.29) is 6.61 Å². The van der Waals surface area contributed by atoms with Crippen LogP contribution in [0.25, 0.3) is 0 Å². The molecule has 1 rings (SSSR count). The van der Waals surface area contributed by atoms with Crippen molar-refractivity contribution in [3.63, 3.8) is 0 Å². The molecule has 0 unspecified atom stereocenters. The summed E-state index contributed by atoms with van der Waals surface area (Å²) in [6.45, 7) is 1.98. The molecule has 5 nitrogen and oxygen atoms in total. The van der Waals surface area contributed by atoms with E-state index in [2.05, 4.69) is 10.1 Å². The number of esters is 1. The molecule has 0 radical (unpaired) electrons. The molecule has 1 aromatic rings. The van der Waals surface area contributed by atoms with E-state index >= 15 is 0 Å². The molecule has 0 aromatic heterocycles. The molecule has 0 saturated heterocycles. The molecule has 0 aliphatic rings. The minimum Gasteiger partial charge on any atom is -0.463 e. The molecular formula is C12H14N2O3. The van der Waals surface area contributed by atoms with Crippen molar-refractivity contribution in [1.82, 2.24) is 0 Å². The van der Waals surface area contributed by atoms with E-state index in [1.54, 1.807) is 31.2 Å². The van der Waals surface area contributed by atoms with Crippen molar-refractivity contribution in [2.24, 2.45) is 0 Å². The van der Waals surface area contributed by atoms with Crippen molar-refractivity contribution in [2.75, 3.05) is 17.7 Å². The van der Waals surface area contributed by atoms with Crippen LogP contribution in [0.4, 0.5) is 11.4 Å². The van der Waals surface area contributed by atoms with Gasteiger partial charge in [0.25, 0.3) is 0 Å². The summed E-state index contributed by atoms with van der Waals surface area (Å²) >= 11 is 0. The molecule has 0 bridgehead atoms. The van der Waals surface area contributed by atoms with Gasteiger partial charge in [0.1, 0.15) is 0 Å². The summed E-state index contributed by atoms with van der Waals surface area (Å²) < 4.78 is 4.64. The molecule has 0 atom stereocenters. The van der Waals surface area contributed by atoms with E-state index in [0.717, 1.165) is 12.2 Å². The zero-order valence-corrected chi connectivity index (χ0v) is 9.47. The van der Waals surface area contributed by atoms with Crippen LogP contribution in [0.15, 0.2) is 36.4 Å². The lowest BCUT2D eigenvalue weighted by atomic mass is 10.3. The highest BCUT2D eigenvalue weighted by atomic mass is 16.5. The maximum absolute atomic E-state index is 11.4. The molecule has 0 heterocycles. The van der Waals surface area contributed by atoms with Gasteiger partial charge in [0.15, 0.2) is 0 Å². The highest BCUT2D eigenvalue weighted by Crippen LogP contribution is 2.10. The summed E-state index contributed by atoms with van der Waals surface area (Å²) in [5, 5.41) is 2.58. The number of rotatable bonds is 4. The first kappa shape index (κ1) is 12.8. The number of nitrogen functional groups attached to an aromatic ring is 1. The molecule has 17 heavy (non-hydrogen) atoms. The van der Waals surface area contributed by atoms with Crippen LogP contribution in [0.1, 0.15) is 6.92 Å². The number of nitrogens with two attached hydrogens (primary N) is 1. The molecule has 90 valence electrons. The van der Waals surface area contributed by atoms with Crippen molar-refractivity contribution in [2.45, 2.75) is 6.92 Å². The molecule has 0 fully saturated rings. The Morgan fingerprint density at radius 2 is 1.94 bits per heavy atom. The number of amides is 1. The van der Waals surface area contributed by atoms with Crippen molar-refractivity contribution < 1.29 is 14.3 Å². The number of carbonyl (C=O) groups is 2. The lowest BCUT2D eigenvalue weighted by Crippen LogP contribution is -2.09. The SMILES string of the molecule is CCOC(=O)/C=C\C(=O)Nc1ccc(N)cc1. The van der Waals surface area contributed by atoms with E-state index in [1.165, 1.54) is 0 Å². The van der Waals surface area contributed by atoms with Crippen molar-refractivity contribution in [3.8, 4) is 0 Å². The van der Waals surface area contributed by atoms with E-state index in [0.29, 0.717) is 11.4 Å². The standard InChI is InChI=1S/C12H14N2O3/c1-2-17-12(16)8-7-11(15)14-10-5-3-9(13)4-6-10/h3-8H,2,13H2,1H3,(H,14,15)/b8-7-. The lowest BCUT2D eigenvalue weighted by molar-refractivity contribution is -0.137. The van der Waals surface area contributed by atoms with Gasteiger partial charge < -0.3 is 15.8 Å². The van der Waals surface area contributed by atoms with Gasteiger partial charge in [0, 0.05) is 23.5 Å². The van der Waals surface area contributed by atoms with Crippen molar-refractivity contribution in [1.29, 1.82) is 0 Å². The Morgan fingerprint density at radius 3 is 2.53 bits per heavy atom. The quantitative estimate of drug-likeness (QED) is 0.467. The van der Waals surface area contributed by atoms with Crippen LogP contribution in [-0.4, -0.2) is 18.5 Å². The Morgan fingerprint density at radius 1 is 1.29 bits per heavy atom. The van der Waals surface area contributed by atoms with E-state index < -0.39 is 11.9 Å². The molecule has 5 heteroatoms. The van der Waals surface area contributed by atoms with Crippen LogP contribution in [0.5, 0.6) is 0 Å². The van der Waals surface area contributed by atoms with E-state index in [4.69, 9.17) is 5.73 Å². The molecule has 0 spiro atoms. The normalized spacial score (nSPS) is 10.2. The summed E-state index contributed by atoms with van der Waals surface area (Å²) in [5.41, 5.74) is 6.73. The lowest BCUT2D eigenvalue weighted by Gasteiger charge is -2.01. The van der Waals surface area contributed by atoms with Crippen molar-refractivity contribution in [3.05, 3.63) is 36.4 Å². The minimum absolute atomic E-state index is 0.281. The molecule has 0 saturated carbocycles. The van der Waals surface area contributed by atoms with E-state index in [9.17, 15) is 9.59 Å². The number of carbonyl (C=O) groups excluding carboxylic acids is 2. The number of hydrogen-bond donors (Lipinski definition) is 2. The zero-order chi connectivity index (χ0) is 12.7. The fraction of sp³-hybridized carbons (Fsp3) is 0.167. The summed E-state index contributed by atoms with van der Waals surface area (Å²) in [6.07, 6.45) is 2.20. The van der Waals surface area contributed by atoms with Gasteiger partial charge in [0.2, 0.25) is 5.91 Å². The predicted octanol–water partition coefficient (Wildman–Crippen LogP) is 1.33. The maximum atomic E-state index is 11.4. The van der Waals surface area contributed by atoms with E-state index in [1.807, 2.05) is 0 Å². The number of benzene rings is 1. The summed E-state index contributed by atoms with van der Waals surface area (Å²) in [7, 11) is 0. The van der Waals surface area contributed by atoms with Gasteiger partial charge in [-0.2, -0.15) is 0 Å². The number of hydrogen-bond acceptors (Lipinski definition) is 4. The first-order valence-corrected chi connectivity index (χ1v) is 5.13. The molecule has 1 amide bonds. The Kier molecular flexibility index (Phi) is 4.75. The number of ether oxygens (including phenoxy) is 1. The van der Waals surface area contributed by atoms with Gasteiger partial charge in [-0.1, -0.05) is 0 Å². The summed E-state index contributed by atoms with van der Waals surface area (Å²) in [5.74, 6) is -0.942. The maximum Gasteiger partial charge on any atom is 0.330 e. The zero-order valence-electron chi connectivity index (χ0n) is 9.47. The van der Waals surface area contributed by atoms with Crippen LogP contribution in [0.2, 0.25) is 0 Å². The third kappa shape index (κ3) is 4.83. The Hall–Kier alpha value is -2.30. The smallest absolute Gasteiger partial charge is 0.330 e. The van der Waals surface area contributed by atoms with Crippen molar-refractivity contribution >= 4 is 23.3 Å². The molecule has 0 aliphatic carbocycles. The third-order valence-electron chi connectivity index (χ3n) is 1.84. The average molecular weight is 234 g/mol. The fourth-order valence-electron chi connectivity index (χ4n) is 1.08. The van der Waals surface area contributed by atoms with Gasteiger partial charge in [-0.05, 0) is 31.2 Å². The van der Waals surface area contributed by atoms with Crippen LogP contribution in [0.3, 0.4) is 0 Å². The predicted molar refractivity (Wildman–Crippen MR) is 65.3 cm³/mol.